The number of hydrogen-bond donors (Lipinski definition) is 2. The van der Waals surface area contributed by atoms with E-state index in [-0.39, 0.29) is 36.3 Å². The average molecular weight is 554 g/mol. The van der Waals surface area contributed by atoms with Crippen LogP contribution in [-0.4, -0.2) is 65.7 Å². The van der Waals surface area contributed by atoms with Gasteiger partial charge in [-0.2, -0.15) is 4.98 Å². The third-order valence-corrected chi connectivity index (χ3v) is 6.26. The Balaban J connectivity index is 2.41. The number of carbonyl (C=O) groups excluding carboxylic acids is 1. The number of anilines is 1. The maximum absolute atomic E-state index is 13.4. The predicted molar refractivity (Wildman–Crippen MR) is 142 cm³/mol. The molecule has 2 N–H and O–H groups in total. The molecule has 0 aliphatic rings. The molecule has 0 unspecified atom stereocenters. The number of aliphatic hydroxyl groups is 2. The van der Waals surface area contributed by atoms with Gasteiger partial charge in [-0.25, -0.2) is 22.1 Å². The second-order valence-electron chi connectivity index (χ2n) is 10.2. The van der Waals surface area contributed by atoms with E-state index in [1.165, 1.54) is 43.5 Å². The van der Waals surface area contributed by atoms with Crippen molar-refractivity contribution in [3.63, 3.8) is 0 Å². The number of rotatable bonds is 11. The molecule has 10 nitrogen and oxygen atoms in total. The van der Waals surface area contributed by atoms with E-state index in [1.807, 2.05) is 13.8 Å². The Hall–Kier alpha value is -3.09. The standard InChI is InChI=1S/C26H36FN3O7S/c1-16(2)23-21(13-10-18(31)14-19(32)15-22(33)37-26(3,4)5)24(36-20-11-8-17(27)9-12-20)29-25(28-23)30(6)38(7,34)35/h8-13,16,18-19,31-32H,14-15H2,1-7H3/b13-10+/t18-,19-/m1/s1. The summed E-state index contributed by atoms with van der Waals surface area (Å²) in [6.45, 7) is 8.83. The SMILES string of the molecule is CC(C)c1nc(N(C)S(C)(=O)=O)nc(Oc2ccc(F)cc2)c1/C=C/[C@@H](O)C[C@@H](O)CC(=O)OC(C)(C)C. The van der Waals surface area contributed by atoms with Crippen LogP contribution in [-0.2, 0) is 19.6 Å². The molecule has 2 aromatic rings. The normalized spacial score (nSPS) is 14.0. The zero-order valence-corrected chi connectivity index (χ0v) is 23.5. The Morgan fingerprint density at radius 3 is 2.29 bits per heavy atom. The van der Waals surface area contributed by atoms with E-state index < -0.39 is 39.6 Å². The van der Waals surface area contributed by atoms with Crippen LogP contribution in [0.25, 0.3) is 6.08 Å². The third kappa shape index (κ3) is 9.66. The number of aromatic nitrogens is 2. The van der Waals surface area contributed by atoms with E-state index in [0.29, 0.717) is 11.3 Å². The number of carbonyl (C=O) groups is 1. The zero-order chi connectivity index (χ0) is 28.8. The highest BCUT2D eigenvalue weighted by atomic mass is 32.2. The number of sulfonamides is 1. The molecule has 0 fully saturated rings. The lowest BCUT2D eigenvalue weighted by atomic mass is 10.0. The molecule has 0 aliphatic carbocycles. The molecule has 1 heterocycles. The number of esters is 1. The van der Waals surface area contributed by atoms with E-state index in [2.05, 4.69) is 9.97 Å². The van der Waals surface area contributed by atoms with Gasteiger partial charge in [0.15, 0.2) is 0 Å². The van der Waals surface area contributed by atoms with E-state index in [1.54, 1.807) is 20.8 Å². The predicted octanol–water partition coefficient (Wildman–Crippen LogP) is 3.78. The summed E-state index contributed by atoms with van der Waals surface area (Å²) in [5.74, 6) is -1.16. The highest BCUT2D eigenvalue weighted by molar-refractivity contribution is 7.92. The van der Waals surface area contributed by atoms with Crippen LogP contribution in [0.4, 0.5) is 10.3 Å². The Morgan fingerprint density at radius 2 is 1.76 bits per heavy atom. The quantitative estimate of drug-likeness (QED) is 0.398. The van der Waals surface area contributed by atoms with E-state index in [4.69, 9.17) is 9.47 Å². The molecule has 38 heavy (non-hydrogen) atoms. The van der Waals surface area contributed by atoms with Gasteiger partial charge in [0.05, 0.1) is 36.1 Å². The molecule has 0 aliphatic heterocycles. The first-order valence-electron chi connectivity index (χ1n) is 12.0. The van der Waals surface area contributed by atoms with Gasteiger partial charge < -0.3 is 19.7 Å². The molecule has 12 heteroatoms. The highest BCUT2D eigenvalue weighted by Crippen LogP contribution is 2.32. The summed E-state index contributed by atoms with van der Waals surface area (Å²) in [6, 6.07) is 5.19. The van der Waals surface area contributed by atoms with Crippen LogP contribution in [0.2, 0.25) is 0 Å². The molecule has 0 bridgehead atoms. The van der Waals surface area contributed by atoms with Crippen LogP contribution < -0.4 is 9.04 Å². The molecule has 0 radical (unpaired) electrons. The van der Waals surface area contributed by atoms with E-state index in [9.17, 15) is 27.8 Å². The van der Waals surface area contributed by atoms with Gasteiger partial charge >= 0.3 is 5.97 Å². The van der Waals surface area contributed by atoms with E-state index in [0.717, 1.165) is 10.6 Å². The van der Waals surface area contributed by atoms with Crippen molar-refractivity contribution in [1.82, 2.24) is 9.97 Å². The summed E-state index contributed by atoms with van der Waals surface area (Å²) in [7, 11) is -2.38. The Kier molecular flexibility index (Phi) is 10.4. The van der Waals surface area contributed by atoms with Gasteiger partial charge in [0, 0.05) is 13.5 Å². The number of halogens is 1. The lowest BCUT2D eigenvalue weighted by Crippen LogP contribution is -2.27. The molecule has 210 valence electrons. The second kappa shape index (κ2) is 12.6. The van der Waals surface area contributed by atoms with Crippen LogP contribution in [0.1, 0.15) is 64.6 Å². The maximum atomic E-state index is 13.4. The van der Waals surface area contributed by atoms with Gasteiger partial charge in [-0.15, -0.1) is 0 Å². The molecule has 2 atom stereocenters. The summed E-state index contributed by atoms with van der Waals surface area (Å²) in [5.41, 5.74) is 0.0944. The zero-order valence-electron chi connectivity index (χ0n) is 22.7. The minimum absolute atomic E-state index is 0.0152. The summed E-state index contributed by atoms with van der Waals surface area (Å²) in [4.78, 5) is 20.7. The number of aliphatic hydroxyl groups excluding tert-OH is 2. The van der Waals surface area contributed by atoms with Crippen molar-refractivity contribution < 1.29 is 37.3 Å². The van der Waals surface area contributed by atoms with Crippen molar-refractivity contribution in [2.75, 3.05) is 17.6 Å². The van der Waals surface area contributed by atoms with Crippen molar-refractivity contribution in [3.05, 3.63) is 47.4 Å². The molecule has 0 saturated heterocycles. The van der Waals surface area contributed by atoms with Crippen molar-refractivity contribution in [1.29, 1.82) is 0 Å². The van der Waals surface area contributed by atoms with Crippen molar-refractivity contribution >= 4 is 28.0 Å². The fourth-order valence-electron chi connectivity index (χ4n) is 3.26. The summed E-state index contributed by atoms with van der Waals surface area (Å²) < 4.78 is 49.7. The lowest BCUT2D eigenvalue weighted by Gasteiger charge is -2.21. The monoisotopic (exact) mass is 553 g/mol. The van der Waals surface area contributed by atoms with Crippen LogP contribution >= 0.6 is 0 Å². The van der Waals surface area contributed by atoms with Gasteiger partial charge in [-0.1, -0.05) is 19.9 Å². The smallest absolute Gasteiger partial charge is 0.308 e. The van der Waals surface area contributed by atoms with Crippen molar-refractivity contribution in [3.8, 4) is 11.6 Å². The minimum Gasteiger partial charge on any atom is -0.460 e. The third-order valence-electron chi connectivity index (χ3n) is 5.10. The van der Waals surface area contributed by atoms with Gasteiger partial charge in [-0.05, 0) is 57.0 Å². The molecule has 0 amide bonds. The molecule has 1 aromatic heterocycles. The van der Waals surface area contributed by atoms with Crippen molar-refractivity contribution in [2.24, 2.45) is 0 Å². The number of ether oxygens (including phenoxy) is 2. The highest BCUT2D eigenvalue weighted by Gasteiger charge is 2.24. The van der Waals surface area contributed by atoms with Gasteiger partial charge in [0.2, 0.25) is 21.9 Å². The number of nitrogens with zero attached hydrogens (tertiary/aromatic N) is 3. The van der Waals surface area contributed by atoms with Gasteiger partial charge in [0.1, 0.15) is 17.2 Å². The number of benzene rings is 1. The topological polar surface area (TPSA) is 139 Å². The average Bonchev–Trinajstić information content (AvgIpc) is 2.76. The Morgan fingerprint density at radius 1 is 1.16 bits per heavy atom. The molecule has 2 rings (SSSR count). The summed E-state index contributed by atoms with van der Waals surface area (Å²) in [6.07, 6.45) is 1.18. The first kappa shape index (κ1) is 31.1. The molecule has 0 spiro atoms. The van der Waals surface area contributed by atoms with Crippen LogP contribution in [0, 0.1) is 5.82 Å². The van der Waals surface area contributed by atoms with Crippen LogP contribution in [0.3, 0.4) is 0 Å². The van der Waals surface area contributed by atoms with Crippen molar-refractivity contribution in [2.45, 2.75) is 71.2 Å². The van der Waals surface area contributed by atoms with Gasteiger partial charge in [0.25, 0.3) is 0 Å². The molecule has 1 aromatic carbocycles. The molecular weight excluding hydrogens is 517 g/mol. The number of hydrogen-bond acceptors (Lipinski definition) is 9. The largest absolute Gasteiger partial charge is 0.460 e. The maximum Gasteiger partial charge on any atom is 0.308 e. The second-order valence-corrected chi connectivity index (χ2v) is 12.2. The van der Waals surface area contributed by atoms with Crippen LogP contribution in [0.5, 0.6) is 11.6 Å². The molecule has 0 saturated carbocycles. The van der Waals surface area contributed by atoms with Gasteiger partial charge in [-0.3, -0.25) is 4.79 Å². The minimum atomic E-state index is -3.69. The van der Waals surface area contributed by atoms with Crippen LogP contribution in [0.15, 0.2) is 30.3 Å². The fraction of sp³-hybridized carbons (Fsp3) is 0.500. The summed E-state index contributed by atoms with van der Waals surface area (Å²) in [5, 5.41) is 20.7. The Labute approximate surface area is 223 Å². The van der Waals surface area contributed by atoms with E-state index >= 15 is 0 Å². The Bertz CT molecular complexity index is 1240. The first-order chi connectivity index (χ1) is 17.5. The summed E-state index contributed by atoms with van der Waals surface area (Å²) >= 11 is 0. The first-order valence-corrected chi connectivity index (χ1v) is 13.9. The lowest BCUT2D eigenvalue weighted by molar-refractivity contribution is -0.157. The fourth-order valence-corrected chi connectivity index (χ4v) is 3.63. The molecular formula is C26H36FN3O7S.